The van der Waals surface area contributed by atoms with Crippen molar-refractivity contribution in [3.8, 4) is 0 Å². The van der Waals surface area contributed by atoms with E-state index in [1.807, 2.05) is 11.3 Å². The van der Waals surface area contributed by atoms with Gasteiger partial charge in [-0.25, -0.2) is 0 Å². The van der Waals surface area contributed by atoms with Gasteiger partial charge in [-0.3, -0.25) is 0 Å². The van der Waals surface area contributed by atoms with Gasteiger partial charge in [-0.05, 0) is 57.0 Å². The molecule has 1 N–H and O–H groups in total. The van der Waals surface area contributed by atoms with Crippen LogP contribution in [0.5, 0.6) is 0 Å². The van der Waals surface area contributed by atoms with Crippen LogP contribution in [-0.4, -0.2) is 7.05 Å². The van der Waals surface area contributed by atoms with E-state index in [1.54, 1.807) is 0 Å². The highest BCUT2D eigenvalue weighted by Crippen LogP contribution is 2.27. The highest BCUT2D eigenvalue weighted by Gasteiger charge is 2.13. The molecule has 2 rings (SSSR count). The van der Waals surface area contributed by atoms with Crippen LogP contribution in [0.3, 0.4) is 0 Å². The molecule has 0 saturated heterocycles. The molecule has 2 aromatic rings. The monoisotopic (exact) mass is 273 g/mol. The lowest BCUT2D eigenvalue weighted by molar-refractivity contribution is 0.600. The van der Waals surface area contributed by atoms with Crippen LogP contribution in [0, 0.1) is 13.8 Å². The van der Waals surface area contributed by atoms with Crippen molar-refractivity contribution < 1.29 is 0 Å². The average molecular weight is 273 g/mol. The minimum absolute atomic E-state index is 0.422. The Hall–Kier alpha value is -1.12. The summed E-state index contributed by atoms with van der Waals surface area (Å²) in [6.07, 6.45) is 2.19. The summed E-state index contributed by atoms with van der Waals surface area (Å²) in [4.78, 5) is 2.91. The van der Waals surface area contributed by atoms with Crippen molar-refractivity contribution in [3.05, 3.63) is 56.8 Å². The normalized spacial score (nSPS) is 12.6. The Balaban J connectivity index is 2.21. The molecule has 0 bridgehead atoms. The summed E-state index contributed by atoms with van der Waals surface area (Å²) >= 11 is 1.93. The highest BCUT2D eigenvalue weighted by molar-refractivity contribution is 7.12. The highest BCUT2D eigenvalue weighted by atomic mass is 32.1. The number of hydrogen-bond acceptors (Lipinski definition) is 2. The van der Waals surface area contributed by atoms with Gasteiger partial charge in [0.15, 0.2) is 0 Å². The second-order valence-electron chi connectivity index (χ2n) is 5.13. The van der Waals surface area contributed by atoms with Crippen LogP contribution in [0.25, 0.3) is 0 Å². The standard InChI is InChI=1S/C17H23NS/c1-5-15-8-9-17(19-15)16(18-4)11-14-10-12(2)6-7-13(14)3/h6-10,16,18H,5,11H2,1-4H3. The Kier molecular flexibility index (Phi) is 4.78. The number of rotatable bonds is 5. The zero-order valence-corrected chi connectivity index (χ0v) is 13.1. The van der Waals surface area contributed by atoms with Crippen LogP contribution in [0.1, 0.15) is 39.4 Å². The van der Waals surface area contributed by atoms with E-state index < -0.39 is 0 Å². The summed E-state index contributed by atoms with van der Waals surface area (Å²) in [5.41, 5.74) is 4.18. The molecule has 0 aliphatic heterocycles. The second-order valence-corrected chi connectivity index (χ2v) is 6.33. The van der Waals surface area contributed by atoms with E-state index in [2.05, 4.69) is 63.5 Å². The minimum atomic E-state index is 0.422. The lowest BCUT2D eigenvalue weighted by atomic mass is 9.98. The smallest absolute Gasteiger partial charge is 0.0453 e. The maximum absolute atomic E-state index is 3.46. The molecule has 0 fully saturated rings. The Labute approximate surface area is 120 Å². The molecule has 1 nitrogen and oxygen atoms in total. The summed E-state index contributed by atoms with van der Waals surface area (Å²) in [7, 11) is 2.06. The van der Waals surface area contributed by atoms with Crippen molar-refractivity contribution >= 4 is 11.3 Å². The van der Waals surface area contributed by atoms with Gasteiger partial charge < -0.3 is 5.32 Å². The largest absolute Gasteiger partial charge is 0.312 e. The average Bonchev–Trinajstić information content (AvgIpc) is 2.88. The van der Waals surface area contributed by atoms with E-state index in [0.29, 0.717) is 6.04 Å². The van der Waals surface area contributed by atoms with Crippen molar-refractivity contribution in [2.24, 2.45) is 0 Å². The maximum Gasteiger partial charge on any atom is 0.0453 e. The number of benzene rings is 1. The lowest BCUT2D eigenvalue weighted by Gasteiger charge is -2.16. The van der Waals surface area contributed by atoms with Crippen molar-refractivity contribution in [3.63, 3.8) is 0 Å². The molecular formula is C17H23NS. The van der Waals surface area contributed by atoms with Gasteiger partial charge in [0.1, 0.15) is 0 Å². The molecule has 19 heavy (non-hydrogen) atoms. The quantitative estimate of drug-likeness (QED) is 0.849. The molecule has 0 amide bonds. The van der Waals surface area contributed by atoms with Gasteiger partial charge in [0, 0.05) is 15.8 Å². The van der Waals surface area contributed by atoms with Gasteiger partial charge in [0.2, 0.25) is 0 Å². The van der Waals surface area contributed by atoms with Crippen LogP contribution in [0.2, 0.25) is 0 Å². The zero-order valence-electron chi connectivity index (χ0n) is 12.3. The fraction of sp³-hybridized carbons (Fsp3) is 0.412. The van der Waals surface area contributed by atoms with E-state index in [0.717, 1.165) is 12.8 Å². The van der Waals surface area contributed by atoms with Crippen LogP contribution in [0.15, 0.2) is 30.3 Å². The Morgan fingerprint density at radius 1 is 1.16 bits per heavy atom. The number of nitrogens with one attached hydrogen (secondary N) is 1. The number of thiophene rings is 1. The minimum Gasteiger partial charge on any atom is -0.312 e. The maximum atomic E-state index is 3.46. The first kappa shape index (κ1) is 14.3. The fourth-order valence-electron chi connectivity index (χ4n) is 2.36. The van der Waals surface area contributed by atoms with E-state index in [4.69, 9.17) is 0 Å². The van der Waals surface area contributed by atoms with E-state index >= 15 is 0 Å². The third-order valence-electron chi connectivity index (χ3n) is 3.65. The van der Waals surface area contributed by atoms with Crippen molar-refractivity contribution in [1.29, 1.82) is 0 Å². The van der Waals surface area contributed by atoms with E-state index in [-0.39, 0.29) is 0 Å². The SMILES string of the molecule is CCc1ccc(C(Cc2cc(C)ccc2C)NC)s1. The molecule has 1 atom stereocenters. The molecule has 0 aliphatic carbocycles. The molecule has 0 spiro atoms. The molecule has 1 heterocycles. The summed E-state index contributed by atoms with van der Waals surface area (Å²) in [5.74, 6) is 0. The molecule has 1 aromatic carbocycles. The van der Waals surface area contributed by atoms with Crippen LogP contribution in [-0.2, 0) is 12.8 Å². The lowest BCUT2D eigenvalue weighted by Crippen LogP contribution is -2.18. The van der Waals surface area contributed by atoms with Gasteiger partial charge in [-0.15, -0.1) is 11.3 Å². The number of hydrogen-bond donors (Lipinski definition) is 1. The molecule has 0 saturated carbocycles. The summed E-state index contributed by atoms with van der Waals surface area (Å²) in [5, 5.41) is 3.46. The first-order valence-electron chi connectivity index (χ1n) is 6.96. The Morgan fingerprint density at radius 2 is 1.95 bits per heavy atom. The molecule has 0 radical (unpaired) electrons. The van der Waals surface area contributed by atoms with Crippen molar-refractivity contribution in [2.45, 2.75) is 39.7 Å². The second kappa shape index (κ2) is 6.36. The molecule has 0 aliphatic rings. The number of aryl methyl sites for hydroxylation is 3. The third kappa shape index (κ3) is 3.46. The topological polar surface area (TPSA) is 12.0 Å². The molecule has 1 unspecified atom stereocenters. The van der Waals surface area contributed by atoms with Gasteiger partial charge in [0.05, 0.1) is 0 Å². The van der Waals surface area contributed by atoms with Gasteiger partial charge in [-0.1, -0.05) is 30.7 Å². The summed E-state index contributed by atoms with van der Waals surface area (Å²) < 4.78 is 0. The van der Waals surface area contributed by atoms with E-state index in [1.165, 1.54) is 26.4 Å². The van der Waals surface area contributed by atoms with Crippen LogP contribution >= 0.6 is 11.3 Å². The summed E-state index contributed by atoms with van der Waals surface area (Å²) in [6, 6.07) is 11.7. The third-order valence-corrected chi connectivity index (χ3v) is 4.99. The molecule has 2 heteroatoms. The molecule has 102 valence electrons. The van der Waals surface area contributed by atoms with Gasteiger partial charge in [-0.2, -0.15) is 0 Å². The number of likely N-dealkylation sites (N-methyl/N-ethyl adjacent to an activating group) is 1. The van der Waals surface area contributed by atoms with Gasteiger partial charge in [0.25, 0.3) is 0 Å². The fourth-order valence-corrected chi connectivity index (χ4v) is 3.42. The first-order chi connectivity index (χ1) is 9.13. The first-order valence-corrected chi connectivity index (χ1v) is 7.77. The van der Waals surface area contributed by atoms with Gasteiger partial charge >= 0.3 is 0 Å². The van der Waals surface area contributed by atoms with Crippen LogP contribution in [0.4, 0.5) is 0 Å². The molecule has 1 aromatic heterocycles. The van der Waals surface area contributed by atoms with E-state index in [9.17, 15) is 0 Å². The predicted molar refractivity (Wildman–Crippen MR) is 85.1 cm³/mol. The zero-order chi connectivity index (χ0) is 13.8. The van der Waals surface area contributed by atoms with Crippen molar-refractivity contribution in [1.82, 2.24) is 5.32 Å². The van der Waals surface area contributed by atoms with Crippen molar-refractivity contribution in [2.75, 3.05) is 7.05 Å². The Bertz CT molecular complexity index is 542. The summed E-state index contributed by atoms with van der Waals surface area (Å²) in [6.45, 7) is 6.58. The molecular weight excluding hydrogens is 250 g/mol. The van der Waals surface area contributed by atoms with Crippen LogP contribution < -0.4 is 5.32 Å². The Morgan fingerprint density at radius 3 is 2.58 bits per heavy atom. The predicted octanol–water partition coefficient (Wildman–Crippen LogP) is 4.43.